The first-order chi connectivity index (χ1) is 6.47. The average Bonchev–Trinajstić information content (AvgIpc) is 2.55. The van der Waals surface area contributed by atoms with Crippen LogP contribution in [0.15, 0.2) is 41.8 Å². The minimum Gasteiger partial charge on any atom is -0.285 e. The van der Waals surface area contributed by atoms with Gasteiger partial charge in [0, 0.05) is 18.0 Å². The minimum atomic E-state index is 0.973. The van der Waals surface area contributed by atoms with Gasteiger partial charge in [-0.15, -0.1) is 0 Å². The zero-order valence-corrected chi connectivity index (χ0v) is 7.27. The van der Waals surface area contributed by atoms with Crippen molar-refractivity contribution in [1.82, 2.24) is 10.2 Å². The van der Waals surface area contributed by atoms with Crippen molar-refractivity contribution in [2.75, 3.05) is 0 Å². The van der Waals surface area contributed by atoms with Crippen molar-refractivity contribution in [3.8, 4) is 0 Å². The first-order valence-electron chi connectivity index (χ1n) is 4.34. The van der Waals surface area contributed by atoms with Crippen molar-refractivity contribution in [1.29, 1.82) is 0 Å². The fourth-order valence-electron chi connectivity index (χ4n) is 1.27. The van der Waals surface area contributed by atoms with E-state index in [1.807, 2.05) is 24.5 Å². The average molecular weight is 173 g/mol. The molecular formula is C10H11N3. The molecule has 0 saturated heterocycles. The number of hydrogen-bond acceptors (Lipinski definition) is 2. The second-order valence-corrected chi connectivity index (χ2v) is 2.87. The predicted octanol–water partition coefficient (Wildman–Crippen LogP) is 2.06. The minimum absolute atomic E-state index is 0.973. The number of nitrogens with one attached hydrogen (secondary N) is 1. The molecule has 1 aliphatic rings. The molecule has 1 N–H and O–H groups in total. The SMILES string of the molecule is C1=C\CCC(c2cn[nH]c2)=N\C=C/1. The number of aromatic nitrogens is 2. The van der Waals surface area contributed by atoms with Gasteiger partial charge in [0.2, 0.25) is 0 Å². The Labute approximate surface area is 76.9 Å². The molecule has 2 rings (SSSR count). The molecule has 2 heterocycles. The number of aliphatic imine (C=N–C) groups is 1. The quantitative estimate of drug-likeness (QED) is 0.693. The van der Waals surface area contributed by atoms with E-state index in [0.717, 1.165) is 24.1 Å². The van der Waals surface area contributed by atoms with Gasteiger partial charge in [-0.1, -0.05) is 12.2 Å². The van der Waals surface area contributed by atoms with Crippen LogP contribution in [0.4, 0.5) is 0 Å². The van der Waals surface area contributed by atoms with Crippen LogP contribution in [0.25, 0.3) is 0 Å². The van der Waals surface area contributed by atoms with Gasteiger partial charge >= 0.3 is 0 Å². The van der Waals surface area contributed by atoms with E-state index in [4.69, 9.17) is 0 Å². The number of nitrogens with zero attached hydrogens (tertiary/aromatic N) is 2. The van der Waals surface area contributed by atoms with E-state index >= 15 is 0 Å². The third-order valence-electron chi connectivity index (χ3n) is 1.94. The van der Waals surface area contributed by atoms with Crippen LogP contribution in [0.1, 0.15) is 18.4 Å². The maximum Gasteiger partial charge on any atom is 0.0578 e. The van der Waals surface area contributed by atoms with Crippen molar-refractivity contribution in [2.24, 2.45) is 4.99 Å². The summed E-state index contributed by atoms with van der Waals surface area (Å²) in [6, 6.07) is 0. The van der Waals surface area contributed by atoms with Crippen molar-refractivity contribution in [3.63, 3.8) is 0 Å². The van der Waals surface area contributed by atoms with Gasteiger partial charge in [0.05, 0.1) is 11.9 Å². The standard InChI is InChI=1S/C10H11N3/c1-2-4-6-11-10(5-3-1)9-7-12-13-8-9/h1-2,4,6-8H,3,5H2,(H,12,13)/b2-1-,6-4-,11-10?. The summed E-state index contributed by atoms with van der Waals surface area (Å²) in [6.45, 7) is 0. The van der Waals surface area contributed by atoms with Crippen LogP contribution in [-0.2, 0) is 0 Å². The van der Waals surface area contributed by atoms with Gasteiger partial charge in [-0.05, 0) is 18.9 Å². The topological polar surface area (TPSA) is 41.0 Å². The van der Waals surface area contributed by atoms with E-state index < -0.39 is 0 Å². The Kier molecular flexibility index (Phi) is 2.36. The fraction of sp³-hybridized carbons (Fsp3) is 0.200. The Balaban J connectivity index is 2.24. The van der Waals surface area contributed by atoms with Crippen molar-refractivity contribution in [3.05, 3.63) is 42.4 Å². The van der Waals surface area contributed by atoms with Gasteiger partial charge in [0.1, 0.15) is 0 Å². The molecule has 3 nitrogen and oxygen atoms in total. The van der Waals surface area contributed by atoms with E-state index in [0.29, 0.717) is 0 Å². The molecule has 1 aromatic heterocycles. The number of allylic oxidation sites excluding steroid dienone is 3. The zero-order valence-electron chi connectivity index (χ0n) is 7.27. The van der Waals surface area contributed by atoms with E-state index in [2.05, 4.69) is 21.3 Å². The third kappa shape index (κ3) is 1.93. The molecule has 0 aromatic carbocycles. The lowest BCUT2D eigenvalue weighted by Gasteiger charge is -2.01. The largest absolute Gasteiger partial charge is 0.285 e. The molecular weight excluding hydrogens is 162 g/mol. The molecule has 1 aromatic rings. The summed E-state index contributed by atoms with van der Waals surface area (Å²) in [5.74, 6) is 0. The van der Waals surface area contributed by atoms with Gasteiger partial charge in [-0.3, -0.25) is 10.1 Å². The Bertz CT molecular complexity index is 344. The van der Waals surface area contributed by atoms with Crippen molar-refractivity contribution >= 4 is 5.71 Å². The second kappa shape index (κ2) is 3.85. The fourth-order valence-corrected chi connectivity index (χ4v) is 1.27. The molecule has 0 aliphatic carbocycles. The van der Waals surface area contributed by atoms with E-state index in [9.17, 15) is 0 Å². The second-order valence-electron chi connectivity index (χ2n) is 2.87. The highest BCUT2D eigenvalue weighted by atomic mass is 15.1. The highest BCUT2D eigenvalue weighted by Gasteiger charge is 2.03. The molecule has 3 heteroatoms. The molecule has 0 saturated carbocycles. The number of rotatable bonds is 1. The Hall–Kier alpha value is -1.64. The van der Waals surface area contributed by atoms with Gasteiger partial charge in [-0.2, -0.15) is 5.10 Å². The van der Waals surface area contributed by atoms with Crippen LogP contribution in [0.5, 0.6) is 0 Å². The van der Waals surface area contributed by atoms with Crippen LogP contribution in [0.2, 0.25) is 0 Å². The molecule has 0 bridgehead atoms. The molecule has 0 spiro atoms. The lowest BCUT2D eigenvalue weighted by atomic mass is 10.1. The van der Waals surface area contributed by atoms with Crippen LogP contribution < -0.4 is 0 Å². The Morgan fingerprint density at radius 2 is 2.31 bits per heavy atom. The highest BCUT2D eigenvalue weighted by molar-refractivity contribution is 6.00. The normalized spacial score (nSPS) is 21.4. The van der Waals surface area contributed by atoms with Gasteiger partial charge < -0.3 is 0 Å². The van der Waals surface area contributed by atoms with E-state index in [-0.39, 0.29) is 0 Å². The molecule has 0 atom stereocenters. The summed E-state index contributed by atoms with van der Waals surface area (Å²) in [5, 5.41) is 6.69. The summed E-state index contributed by atoms with van der Waals surface area (Å²) in [5.41, 5.74) is 2.18. The lowest BCUT2D eigenvalue weighted by Crippen LogP contribution is -1.98. The smallest absolute Gasteiger partial charge is 0.0578 e. The van der Waals surface area contributed by atoms with Gasteiger partial charge in [0.15, 0.2) is 0 Å². The number of H-pyrrole nitrogens is 1. The summed E-state index contributed by atoms with van der Waals surface area (Å²) in [7, 11) is 0. The maximum absolute atomic E-state index is 4.35. The van der Waals surface area contributed by atoms with Crippen molar-refractivity contribution in [2.45, 2.75) is 12.8 Å². The number of aromatic amines is 1. The van der Waals surface area contributed by atoms with Gasteiger partial charge in [0.25, 0.3) is 0 Å². The van der Waals surface area contributed by atoms with Gasteiger partial charge in [-0.25, -0.2) is 0 Å². The summed E-state index contributed by atoms with van der Waals surface area (Å²) in [4.78, 5) is 4.35. The maximum atomic E-state index is 4.35. The lowest BCUT2D eigenvalue weighted by molar-refractivity contribution is 1.09. The highest BCUT2D eigenvalue weighted by Crippen LogP contribution is 2.07. The first-order valence-corrected chi connectivity index (χ1v) is 4.34. The molecule has 66 valence electrons. The number of hydrogen-bond donors (Lipinski definition) is 1. The molecule has 0 amide bonds. The van der Waals surface area contributed by atoms with Crippen LogP contribution in [0, 0.1) is 0 Å². The summed E-state index contributed by atoms with van der Waals surface area (Å²) >= 11 is 0. The third-order valence-corrected chi connectivity index (χ3v) is 1.94. The molecule has 0 unspecified atom stereocenters. The van der Waals surface area contributed by atoms with Crippen molar-refractivity contribution < 1.29 is 0 Å². The summed E-state index contributed by atoms with van der Waals surface area (Å²) in [6.07, 6.45) is 13.6. The molecule has 1 aliphatic heterocycles. The van der Waals surface area contributed by atoms with Crippen LogP contribution in [0.3, 0.4) is 0 Å². The molecule has 0 fully saturated rings. The zero-order chi connectivity index (χ0) is 8.93. The van der Waals surface area contributed by atoms with Crippen LogP contribution >= 0.6 is 0 Å². The molecule has 0 radical (unpaired) electrons. The first kappa shape index (κ1) is 7.98. The van der Waals surface area contributed by atoms with E-state index in [1.165, 1.54) is 0 Å². The Morgan fingerprint density at radius 3 is 3.15 bits per heavy atom. The molecule has 13 heavy (non-hydrogen) atoms. The predicted molar refractivity (Wildman–Crippen MR) is 52.6 cm³/mol. The Morgan fingerprint density at radius 1 is 1.31 bits per heavy atom. The van der Waals surface area contributed by atoms with E-state index in [1.54, 1.807) is 6.20 Å². The monoisotopic (exact) mass is 173 g/mol. The summed E-state index contributed by atoms with van der Waals surface area (Å²) < 4.78 is 0. The van der Waals surface area contributed by atoms with Crippen LogP contribution in [-0.4, -0.2) is 15.9 Å².